The molecule has 4 rings (SSSR count). The summed E-state index contributed by atoms with van der Waals surface area (Å²) in [5.74, 6) is 0.656. The van der Waals surface area contributed by atoms with E-state index in [2.05, 4.69) is 20.6 Å². The Morgan fingerprint density at radius 1 is 1.19 bits per heavy atom. The molecule has 0 radical (unpaired) electrons. The summed E-state index contributed by atoms with van der Waals surface area (Å²) in [5, 5.41) is 10.8. The summed E-state index contributed by atoms with van der Waals surface area (Å²) in [5.41, 5.74) is 2.80. The smallest absolute Gasteiger partial charge is 0.287 e. The van der Waals surface area contributed by atoms with E-state index in [-0.39, 0.29) is 18.2 Å². The Bertz CT molecular complexity index is 1030. The average Bonchev–Trinajstić information content (AvgIpc) is 3.41. The van der Waals surface area contributed by atoms with Crippen molar-refractivity contribution >= 4 is 5.91 Å². The third kappa shape index (κ3) is 3.12. The van der Waals surface area contributed by atoms with Gasteiger partial charge in [-0.15, -0.1) is 0 Å². The number of nitrogens with zero attached hydrogens (tertiary/aromatic N) is 4. The molecule has 0 atom stereocenters. The lowest BCUT2D eigenvalue weighted by atomic mass is 10.1. The van der Waals surface area contributed by atoms with Gasteiger partial charge >= 0.3 is 0 Å². The Balaban J connectivity index is 1.49. The molecule has 130 valence electrons. The van der Waals surface area contributed by atoms with Gasteiger partial charge in [-0.25, -0.2) is 0 Å². The van der Waals surface area contributed by atoms with Gasteiger partial charge in [-0.1, -0.05) is 23.4 Å². The Morgan fingerprint density at radius 2 is 2.08 bits per heavy atom. The van der Waals surface area contributed by atoms with Crippen molar-refractivity contribution in [3.63, 3.8) is 0 Å². The fourth-order valence-corrected chi connectivity index (χ4v) is 2.57. The number of hydrogen-bond donors (Lipinski definition) is 1. The molecular weight excluding hydrogens is 334 g/mol. The van der Waals surface area contributed by atoms with Crippen molar-refractivity contribution in [2.45, 2.75) is 6.54 Å². The van der Waals surface area contributed by atoms with Crippen LogP contribution in [0.25, 0.3) is 22.6 Å². The maximum absolute atomic E-state index is 11.9. The van der Waals surface area contributed by atoms with E-state index >= 15 is 0 Å². The summed E-state index contributed by atoms with van der Waals surface area (Å²) >= 11 is 0. The first-order chi connectivity index (χ1) is 12.7. The number of benzene rings is 1. The highest BCUT2D eigenvalue weighted by Gasteiger charge is 2.13. The van der Waals surface area contributed by atoms with Crippen LogP contribution >= 0.6 is 0 Å². The fourth-order valence-electron chi connectivity index (χ4n) is 2.57. The van der Waals surface area contributed by atoms with Crippen molar-refractivity contribution in [2.75, 3.05) is 0 Å². The zero-order valence-electron chi connectivity index (χ0n) is 13.9. The first-order valence-corrected chi connectivity index (χ1v) is 7.94. The lowest BCUT2D eigenvalue weighted by molar-refractivity contribution is 0.0918. The summed E-state index contributed by atoms with van der Waals surface area (Å²) in [6.45, 7) is 0.119. The van der Waals surface area contributed by atoms with Gasteiger partial charge in [0.05, 0.1) is 18.5 Å². The predicted molar refractivity (Wildman–Crippen MR) is 91.8 cm³/mol. The SMILES string of the molecule is Cn1nccc1-c1cccc(-c2noc(CNC(=O)c3ccco3)n2)c1. The van der Waals surface area contributed by atoms with Crippen LogP contribution in [0.15, 0.2) is 63.9 Å². The molecule has 0 saturated heterocycles. The van der Waals surface area contributed by atoms with Gasteiger partial charge in [0.2, 0.25) is 11.7 Å². The molecule has 0 aliphatic rings. The van der Waals surface area contributed by atoms with E-state index in [4.69, 9.17) is 8.94 Å². The number of furan rings is 1. The molecule has 26 heavy (non-hydrogen) atoms. The van der Waals surface area contributed by atoms with Gasteiger partial charge in [0.25, 0.3) is 5.91 Å². The van der Waals surface area contributed by atoms with Gasteiger partial charge in [-0.3, -0.25) is 9.48 Å². The van der Waals surface area contributed by atoms with E-state index in [1.54, 1.807) is 23.0 Å². The van der Waals surface area contributed by atoms with Crippen molar-refractivity contribution in [1.29, 1.82) is 0 Å². The molecule has 0 aliphatic carbocycles. The third-order valence-electron chi connectivity index (χ3n) is 3.85. The number of nitrogens with one attached hydrogen (secondary N) is 1. The van der Waals surface area contributed by atoms with E-state index in [0.29, 0.717) is 11.7 Å². The van der Waals surface area contributed by atoms with Crippen LogP contribution in [0.3, 0.4) is 0 Å². The van der Waals surface area contributed by atoms with Crippen molar-refractivity contribution < 1.29 is 13.7 Å². The van der Waals surface area contributed by atoms with Gasteiger partial charge < -0.3 is 14.3 Å². The number of amides is 1. The van der Waals surface area contributed by atoms with Crippen molar-refractivity contribution in [3.8, 4) is 22.6 Å². The number of carbonyl (C=O) groups is 1. The minimum atomic E-state index is -0.340. The average molecular weight is 349 g/mol. The lowest BCUT2D eigenvalue weighted by Gasteiger charge is -2.03. The van der Waals surface area contributed by atoms with E-state index in [0.717, 1.165) is 16.8 Å². The van der Waals surface area contributed by atoms with E-state index in [1.807, 2.05) is 37.4 Å². The molecule has 8 nitrogen and oxygen atoms in total. The van der Waals surface area contributed by atoms with Crippen LogP contribution in [0.4, 0.5) is 0 Å². The van der Waals surface area contributed by atoms with Gasteiger partial charge in [-0.2, -0.15) is 10.1 Å². The van der Waals surface area contributed by atoms with Crippen LogP contribution in [-0.4, -0.2) is 25.8 Å². The zero-order chi connectivity index (χ0) is 17.9. The van der Waals surface area contributed by atoms with E-state index < -0.39 is 0 Å². The molecule has 0 unspecified atom stereocenters. The first kappa shape index (κ1) is 15.8. The lowest BCUT2D eigenvalue weighted by Crippen LogP contribution is -2.22. The Morgan fingerprint density at radius 3 is 2.85 bits per heavy atom. The predicted octanol–water partition coefficient (Wildman–Crippen LogP) is 2.66. The van der Waals surface area contributed by atoms with Crippen LogP contribution in [0, 0.1) is 0 Å². The third-order valence-corrected chi connectivity index (χ3v) is 3.85. The maximum Gasteiger partial charge on any atom is 0.287 e. The normalized spacial score (nSPS) is 10.8. The molecule has 0 saturated carbocycles. The zero-order valence-corrected chi connectivity index (χ0v) is 13.9. The standard InChI is InChI=1S/C18H15N5O3/c1-23-14(7-8-20-23)12-4-2-5-13(10-12)17-21-16(26-22-17)11-19-18(24)15-6-3-9-25-15/h2-10H,11H2,1H3,(H,19,24). The Kier molecular flexibility index (Phi) is 4.06. The van der Waals surface area contributed by atoms with Crippen molar-refractivity contribution in [2.24, 2.45) is 7.05 Å². The summed E-state index contributed by atoms with van der Waals surface area (Å²) < 4.78 is 12.0. The number of hydrogen-bond acceptors (Lipinski definition) is 6. The van der Waals surface area contributed by atoms with Crippen LogP contribution in [0.2, 0.25) is 0 Å². The van der Waals surface area contributed by atoms with Crippen LogP contribution in [0.5, 0.6) is 0 Å². The number of aromatic nitrogens is 4. The minimum Gasteiger partial charge on any atom is -0.459 e. The largest absolute Gasteiger partial charge is 0.459 e. The highest BCUT2D eigenvalue weighted by molar-refractivity contribution is 5.91. The molecule has 3 heterocycles. The van der Waals surface area contributed by atoms with Crippen molar-refractivity contribution in [3.05, 3.63) is 66.6 Å². The van der Waals surface area contributed by atoms with E-state index in [1.165, 1.54) is 6.26 Å². The van der Waals surface area contributed by atoms with Crippen molar-refractivity contribution in [1.82, 2.24) is 25.2 Å². The second-order valence-electron chi connectivity index (χ2n) is 5.59. The van der Waals surface area contributed by atoms with E-state index in [9.17, 15) is 4.79 Å². The fraction of sp³-hybridized carbons (Fsp3) is 0.111. The highest BCUT2D eigenvalue weighted by Crippen LogP contribution is 2.24. The number of carbonyl (C=O) groups excluding carboxylic acids is 1. The highest BCUT2D eigenvalue weighted by atomic mass is 16.5. The maximum atomic E-state index is 11.9. The monoisotopic (exact) mass is 349 g/mol. The van der Waals surface area contributed by atoms with Gasteiger partial charge in [0.15, 0.2) is 5.76 Å². The van der Waals surface area contributed by atoms with Crippen LogP contribution in [0.1, 0.15) is 16.4 Å². The molecular formula is C18H15N5O3. The summed E-state index contributed by atoms with van der Waals surface area (Å²) in [7, 11) is 1.89. The van der Waals surface area contributed by atoms with Crippen LogP contribution in [-0.2, 0) is 13.6 Å². The molecule has 1 amide bonds. The first-order valence-electron chi connectivity index (χ1n) is 7.94. The quantitative estimate of drug-likeness (QED) is 0.595. The number of rotatable bonds is 5. The van der Waals surface area contributed by atoms with Gasteiger partial charge in [-0.05, 0) is 24.3 Å². The molecule has 1 aromatic carbocycles. The molecule has 1 N–H and O–H groups in total. The summed E-state index contributed by atoms with van der Waals surface area (Å²) in [6.07, 6.45) is 3.19. The molecule has 8 heteroatoms. The summed E-state index contributed by atoms with van der Waals surface area (Å²) in [6, 6.07) is 12.9. The van der Waals surface area contributed by atoms with Gasteiger partial charge in [0.1, 0.15) is 0 Å². The molecule has 0 aliphatic heterocycles. The Labute approximate surface area is 148 Å². The molecule has 3 aromatic heterocycles. The Hall–Kier alpha value is -3.68. The van der Waals surface area contributed by atoms with Gasteiger partial charge in [0, 0.05) is 24.4 Å². The second-order valence-corrected chi connectivity index (χ2v) is 5.59. The topological polar surface area (TPSA) is 99.0 Å². The molecule has 0 bridgehead atoms. The minimum absolute atomic E-state index is 0.119. The molecule has 0 fully saturated rings. The molecule has 4 aromatic rings. The summed E-state index contributed by atoms with van der Waals surface area (Å²) in [4.78, 5) is 16.2. The number of aryl methyl sites for hydroxylation is 1. The van der Waals surface area contributed by atoms with Crippen LogP contribution < -0.4 is 5.32 Å². The molecule has 0 spiro atoms. The second kappa shape index (κ2) is 6.67.